The highest BCUT2D eigenvalue weighted by Crippen LogP contribution is 2.11. The van der Waals surface area contributed by atoms with E-state index >= 15 is 0 Å². The first-order valence-electron chi connectivity index (χ1n) is 25.0. The van der Waals surface area contributed by atoms with E-state index in [-0.39, 0.29) is 50.4 Å². The van der Waals surface area contributed by atoms with Gasteiger partial charge in [-0.1, -0.05) is 187 Å². The van der Waals surface area contributed by atoms with Crippen molar-refractivity contribution >= 4 is 17.9 Å². The predicted octanol–water partition coefficient (Wildman–Crippen LogP) is 16.5. The summed E-state index contributed by atoms with van der Waals surface area (Å²) in [7, 11) is 0. The fourth-order valence-electron chi connectivity index (χ4n) is 6.15. The minimum Gasteiger partial charge on any atom is -0.462 e. The SMILES string of the molecule is CC/C=C\C/C=C\C/C=C\C/C=C\C/C=C\CCCC(=O)OC[C@H](COC(=O)CCC/C=C\C/C=C\C/C=C\C/C=C\CCCCC)OC(=O)CCCCCCC/C=C\CCCC. The van der Waals surface area contributed by atoms with Crippen LogP contribution in [-0.2, 0) is 28.6 Å². The molecule has 0 bridgehead atoms. The Labute approximate surface area is 386 Å². The van der Waals surface area contributed by atoms with Gasteiger partial charge in [0.05, 0.1) is 0 Å². The number of allylic oxidation sites excluding steroid dienone is 20. The number of hydrogen-bond acceptors (Lipinski definition) is 6. The Bertz CT molecular complexity index is 1370. The predicted molar refractivity (Wildman–Crippen MR) is 269 cm³/mol. The zero-order valence-corrected chi connectivity index (χ0v) is 40.3. The fraction of sp³-hybridized carbons (Fsp3) is 0.596. The van der Waals surface area contributed by atoms with Crippen molar-refractivity contribution in [1.82, 2.24) is 0 Å². The van der Waals surface area contributed by atoms with Gasteiger partial charge >= 0.3 is 17.9 Å². The minimum absolute atomic E-state index is 0.131. The van der Waals surface area contributed by atoms with Crippen LogP contribution in [0.1, 0.15) is 201 Å². The Balaban J connectivity index is 4.57. The topological polar surface area (TPSA) is 78.9 Å². The zero-order chi connectivity index (χ0) is 45.8. The largest absolute Gasteiger partial charge is 0.462 e. The van der Waals surface area contributed by atoms with Crippen molar-refractivity contribution in [3.8, 4) is 0 Å². The van der Waals surface area contributed by atoms with Crippen molar-refractivity contribution < 1.29 is 28.6 Å². The Morgan fingerprint density at radius 2 is 0.651 bits per heavy atom. The lowest BCUT2D eigenvalue weighted by molar-refractivity contribution is -0.167. The number of hydrogen-bond donors (Lipinski definition) is 0. The third kappa shape index (κ3) is 48.7. The van der Waals surface area contributed by atoms with E-state index in [0.29, 0.717) is 12.8 Å². The quantitative estimate of drug-likeness (QED) is 0.0263. The van der Waals surface area contributed by atoms with Gasteiger partial charge in [0.15, 0.2) is 6.10 Å². The van der Waals surface area contributed by atoms with Crippen molar-refractivity contribution in [2.45, 2.75) is 207 Å². The van der Waals surface area contributed by atoms with E-state index in [1.807, 2.05) is 0 Å². The van der Waals surface area contributed by atoms with Crippen molar-refractivity contribution in [3.05, 3.63) is 122 Å². The van der Waals surface area contributed by atoms with Crippen molar-refractivity contribution in [2.75, 3.05) is 13.2 Å². The van der Waals surface area contributed by atoms with Gasteiger partial charge < -0.3 is 14.2 Å². The monoisotopic (exact) mass is 871 g/mol. The summed E-state index contributed by atoms with van der Waals surface area (Å²) in [6.07, 6.45) is 69.0. The van der Waals surface area contributed by atoms with E-state index < -0.39 is 6.10 Å². The van der Waals surface area contributed by atoms with Crippen molar-refractivity contribution in [2.24, 2.45) is 0 Å². The Kier molecular flexibility index (Phi) is 47.1. The molecule has 63 heavy (non-hydrogen) atoms. The maximum Gasteiger partial charge on any atom is 0.306 e. The second-order valence-corrected chi connectivity index (χ2v) is 16.0. The first kappa shape index (κ1) is 58.8. The number of unbranched alkanes of at least 4 members (excludes halogenated alkanes) is 12. The van der Waals surface area contributed by atoms with Crippen LogP contribution in [0, 0.1) is 0 Å². The van der Waals surface area contributed by atoms with E-state index in [4.69, 9.17) is 14.2 Å². The van der Waals surface area contributed by atoms with Gasteiger partial charge in [0.25, 0.3) is 0 Å². The molecular weight excluding hydrogens is 781 g/mol. The molecule has 0 unspecified atom stereocenters. The smallest absolute Gasteiger partial charge is 0.306 e. The molecule has 6 nitrogen and oxygen atoms in total. The molecule has 0 aliphatic rings. The number of esters is 3. The first-order chi connectivity index (χ1) is 31.0. The molecule has 0 aromatic carbocycles. The molecule has 0 rings (SSSR count). The molecule has 0 aromatic rings. The molecule has 0 heterocycles. The Morgan fingerprint density at radius 1 is 0.333 bits per heavy atom. The number of rotatable bonds is 43. The average Bonchev–Trinajstić information content (AvgIpc) is 3.28. The summed E-state index contributed by atoms with van der Waals surface area (Å²) >= 11 is 0. The highest BCUT2D eigenvalue weighted by molar-refractivity contribution is 5.71. The van der Waals surface area contributed by atoms with E-state index in [9.17, 15) is 14.4 Å². The third-order valence-corrected chi connectivity index (χ3v) is 9.92. The summed E-state index contributed by atoms with van der Waals surface area (Å²) in [5, 5.41) is 0. The van der Waals surface area contributed by atoms with Crippen LogP contribution in [0.15, 0.2) is 122 Å². The molecule has 0 amide bonds. The van der Waals surface area contributed by atoms with Gasteiger partial charge in [0, 0.05) is 19.3 Å². The zero-order valence-electron chi connectivity index (χ0n) is 40.3. The molecule has 0 N–H and O–H groups in total. The summed E-state index contributed by atoms with van der Waals surface area (Å²) in [6.45, 7) is 6.32. The molecule has 0 radical (unpaired) electrons. The molecule has 354 valence electrons. The van der Waals surface area contributed by atoms with Crippen molar-refractivity contribution in [3.63, 3.8) is 0 Å². The lowest BCUT2D eigenvalue weighted by atomic mass is 10.1. The van der Waals surface area contributed by atoms with Crippen LogP contribution in [0.2, 0.25) is 0 Å². The molecule has 0 fully saturated rings. The summed E-state index contributed by atoms with van der Waals surface area (Å²) in [4.78, 5) is 37.9. The van der Waals surface area contributed by atoms with E-state index in [0.717, 1.165) is 109 Å². The second kappa shape index (κ2) is 50.5. The summed E-state index contributed by atoms with van der Waals surface area (Å²) in [5.74, 6) is -1.06. The summed E-state index contributed by atoms with van der Waals surface area (Å²) < 4.78 is 16.7. The van der Waals surface area contributed by atoms with Gasteiger partial charge in [-0.15, -0.1) is 0 Å². The molecule has 0 aliphatic heterocycles. The molecule has 0 aliphatic carbocycles. The molecular formula is C57H90O6. The molecule has 0 saturated carbocycles. The van der Waals surface area contributed by atoms with Crippen LogP contribution in [0.3, 0.4) is 0 Å². The highest BCUT2D eigenvalue weighted by Gasteiger charge is 2.19. The van der Waals surface area contributed by atoms with Crippen LogP contribution >= 0.6 is 0 Å². The van der Waals surface area contributed by atoms with Crippen molar-refractivity contribution in [1.29, 1.82) is 0 Å². The second-order valence-electron chi connectivity index (χ2n) is 16.0. The lowest BCUT2D eigenvalue weighted by Gasteiger charge is -2.18. The molecule has 6 heteroatoms. The van der Waals surface area contributed by atoms with E-state index in [2.05, 4.69) is 142 Å². The van der Waals surface area contributed by atoms with Crippen LogP contribution < -0.4 is 0 Å². The van der Waals surface area contributed by atoms with Gasteiger partial charge in [-0.05, 0) is 116 Å². The lowest BCUT2D eigenvalue weighted by Crippen LogP contribution is -2.30. The molecule has 0 spiro atoms. The normalized spacial score (nSPS) is 13.1. The van der Waals surface area contributed by atoms with Gasteiger partial charge in [0.2, 0.25) is 0 Å². The standard InChI is InChI=1S/C57H90O6/c1-4-7-10-13-16-19-22-24-26-28-30-32-35-37-40-43-46-49-55(58)61-52-54(63-57(60)51-48-45-42-39-34-21-18-15-12-9-6-3)53-62-56(59)50-47-44-41-38-36-33-31-29-27-25-23-20-17-14-11-8-5-2/h7,10,15-20,24-27,30-33,37-38,40-41,54H,4-6,8-9,11-14,21-23,28-29,34-36,39,42-53H2,1-3H3/b10-7-,18-15-,19-16-,20-17-,26-24-,27-25-,32-30-,33-31-,40-37-,41-38-/t54-/m1/s1. The van der Waals surface area contributed by atoms with Gasteiger partial charge in [-0.2, -0.15) is 0 Å². The van der Waals surface area contributed by atoms with Crippen LogP contribution in [0.4, 0.5) is 0 Å². The summed E-state index contributed by atoms with van der Waals surface area (Å²) in [5.41, 5.74) is 0. The minimum atomic E-state index is -0.829. The average molecular weight is 871 g/mol. The van der Waals surface area contributed by atoms with E-state index in [1.54, 1.807) is 0 Å². The first-order valence-corrected chi connectivity index (χ1v) is 25.0. The number of carbonyl (C=O) groups is 3. The van der Waals surface area contributed by atoms with Crippen LogP contribution in [0.25, 0.3) is 0 Å². The molecule has 1 atom stereocenters. The maximum absolute atomic E-state index is 12.7. The molecule has 0 aromatic heterocycles. The number of ether oxygens (including phenoxy) is 3. The highest BCUT2D eigenvalue weighted by atomic mass is 16.6. The Morgan fingerprint density at radius 3 is 1.08 bits per heavy atom. The Hall–Kier alpha value is -4.19. The van der Waals surface area contributed by atoms with Crippen LogP contribution in [0.5, 0.6) is 0 Å². The van der Waals surface area contributed by atoms with E-state index in [1.165, 1.54) is 38.5 Å². The van der Waals surface area contributed by atoms with Crippen LogP contribution in [-0.4, -0.2) is 37.2 Å². The van der Waals surface area contributed by atoms with Gasteiger partial charge in [-0.3, -0.25) is 14.4 Å². The van der Waals surface area contributed by atoms with Gasteiger partial charge in [0.1, 0.15) is 13.2 Å². The molecule has 0 saturated heterocycles. The number of carbonyl (C=O) groups excluding carboxylic acids is 3. The summed E-state index contributed by atoms with van der Waals surface area (Å²) in [6, 6.07) is 0. The third-order valence-electron chi connectivity index (χ3n) is 9.92. The maximum atomic E-state index is 12.7. The fourth-order valence-corrected chi connectivity index (χ4v) is 6.15. The van der Waals surface area contributed by atoms with Gasteiger partial charge in [-0.25, -0.2) is 0 Å².